The minimum Gasteiger partial charge on any atom is -0.481 e. The van der Waals surface area contributed by atoms with E-state index in [4.69, 9.17) is 9.84 Å². The number of carboxylic acid groups (broad SMARTS) is 1. The number of aromatic carboxylic acids is 1. The SMILES string of the molecule is O=C(COc1cccnc1C(=O)O)Nc1ccccc1F. The third-order valence-electron chi connectivity index (χ3n) is 2.48. The summed E-state index contributed by atoms with van der Waals surface area (Å²) in [6.07, 6.45) is 1.30. The summed E-state index contributed by atoms with van der Waals surface area (Å²) in [5.74, 6) is -2.48. The Morgan fingerprint density at radius 1 is 1.24 bits per heavy atom. The molecule has 1 amide bonds. The van der Waals surface area contributed by atoms with Gasteiger partial charge in [0.2, 0.25) is 0 Å². The second-order valence-electron chi connectivity index (χ2n) is 3.97. The Morgan fingerprint density at radius 3 is 2.71 bits per heavy atom. The second kappa shape index (κ2) is 6.47. The maximum absolute atomic E-state index is 13.3. The summed E-state index contributed by atoms with van der Waals surface area (Å²) in [4.78, 5) is 26.2. The third-order valence-corrected chi connectivity index (χ3v) is 2.48. The highest BCUT2D eigenvalue weighted by atomic mass is 19.1. The summed E-state index contributed by atoms with van der Waals surface area (Å²) in [6.45, 7) is -0.458. The maximum atomic E-state index is 13.3. The molecule has 108 valence electrons. The zero-order valence-corrected chi connectivity index (χ0v) is 10.7. The molecule has 7 heteroatoms. The number of benzene rings is 1. The number of hydrogen-bond donors (Lipinski definition) is 2. The molecule has 1 aromatic carbocycles. The van der Waals surface area contributed by atoms with Crippen LogP contribution in [-0.4, -0.2) is 28.6 Å². The number of anilines is 1. The van der Waals surface area contributed by atoms with Crippen molar-refractivity contribution in [1.82, 2.24) is 4.98 Å². The van der Waals surface area contributed by atoms with Crippen molar-refractivity contribution in [2.45, 2.75) is 0 Å². The summed E-state index contributed by atoms with van der Waals surface area (Å²) < 4.78 is 18.4. The first-order valence-electron chi connectivity index (χ1n) is 5.93. The van der Waals surface area contributed by atoms with Crippen LogP contribution in [0.15, 0.2) is 42.6 Å². The third kappa shape index (κ3) is 3.75. The molecule has 1 aromatic heterocycles. The normalized spacial score (nSPS) is 9.95. The molecule has 0 radical (unpaired) electrons. The predicted octanol–water partition coefficient (Wildman–Crippen LogP) is 1.94. The number of para-hydroxylation sites is 1. The van der Waals surface area contributed by atoms with E-state index in [0.29, 0.717) is 0 Å². The monoisotopic (exact) mass is 290 g/mol. The molecule has 0 atom stereocenters. The van der Waals surface area contributed by atoms with E-state index in [0.717, 1.165) is 0 Å². The molecular weight excluding hydrogens is 279 g/mol. The van der Waals surface area contributed by atoms with Gasteiger partial charge in [-0.3, -0.25) is 4.79 Å². The van der Waals surface area contributed by atoms with Gasteiger partial charge in [0.25, 0.3) is 5.91 Å². The number of pyridine rings is 1. The average Bonchev–Trinajstić information content (AvgIpc) is 2.48. The van der Waals surface area contributed by atoms with Crippen molar-refractivity contribution in [3.63, 3.8) is 0 Å². The molecule has 0 spiro atoms. The molecule has 0 unspecified atom stereocenters. The highest BCUT2D eigenvalue weighted by Crippen LogP contribution is 2.16. The highest BCUT2D eigenvalue weighted by Gasteiger charge is 2.14. The molecule has 21 heavy (non-hydrogen) atoms. The van der Waals surface area contributed by atoms with Gasteiger partial charge in [-0.2, -0.15) is 0 Å². The molecule has 2 aromatic rings. The first-order chi connectivity index (χ1) is 10.1. The molecule has 1 heterocycles. The molecule has 0 saturated heterocycles. The predicted molar refractivity (Wildman–Crippen MR) is 71.7 cm³/mol. The van der Waals surface area contributed by atoms with Gasteiger partial charge in [0.15, 0.2) is 18.1 Å². The molecule has 0 aliphatic heterocycles. The van der Waals surface area contributed by atoms with E-state index in [1.165, 1.54) is 36.5 Å². The number of aromatic nitrogens is 1. The van der Waals surface area contributed by atoms with E-state index >= 15 is 0 Å². The Bertz CT molecular complexity index is 676. The van der Waals surface area contributed by atoms with Gasteiger partial charge >= 0.3 is 5.97 Å². The maximum Gasteiger partial charge on any atom is 0.358 e. The van der Waals surface area contributed by atoms with Crippen LogP contribution in [0.5, 0.6) is 5.75 Å². The van der Waals surface area contributed by atoms with Gasteiger partial charge in [-0.25, -0.2) is 14.2 Å². The van der Waals surface area contributed by atoms with E-state index in [2.05, 4.69) is 10.3 Å². The van der Waals surface area contributed by atoms with Crippen molar-refractivity contribution in [2.24, 2.45) is 0 Å². The number of carboxylic acids is 1. The molecule has 0 bridgehead atoms. The van der Waals surface area contributed by atoms with E-state index in [-0.39, 0.29) is 17.1 Å². The quantitative estimate of drug-likeness (QED) is 0.878. The topological polar surface area (TPSA) is 88.5 Å². The van der Waals surface area contributed by atoms with Gasteiger partial charge < -0.3 is 15.2 Å². The van der Waals surface area contributed by atoms with E-state index in [1.807, 2.05) is 0 Å². The van der Waals surface area contributed by atoms with Crippen LogP contribution in [0.4, 0.5) is 10.1 Å². The number of amides is 1. The van der Waals surface area contributed by atoms with Crippen molar-refractivity contribution in [2.75, 3.05) is 11.9 Å². The summed E-state index contributed by atoms with van der Waals surface area (Å²) in [6, 6.07) is 8.54. The lowest BCUT2D eigenvalue weighted by molar-refractivity contribution is -0.118. The Morgan fingerprint density at radius 2 is 2.00 bits per heavy atom. The molecule has 0 fully saturated rings. The fraction of sp³-hybridized carbons (Fsp3) is 0.0714. The second-order valence-corrected chi connectivity index (χ2v) is 3.97. The Hall–Kier alpha value is -2.96. The van der Waals surface area contributed by atoms with Crippen LogP contribution in [0.25, 0.3) is 0 Å². The van der Waals surface area contributed by atoms with Crippen LogP contribution in [0, 0.1) is 5.82 Å². The Labute approximate surface area is 119 Å². The number of ether oxygens (including phenoxy) is 1. The number of hydrogen-bond acceptors (Lipinski definition) is 4. The number of carbonyl (C=O) groups is 2. The number of nitrogens with zero attached hydrogens (tertiary/aromatic N) is 1. The van der Waals surface area contributed by atoms with Gasteiger partial charge in [-0.15, -0.1) is 0 Å². The van der Waals surface area contributed by atoms with Crippen molar-refractivity contribution in [1.29, 1.82) is 0 Å². The molecular formula is C14H11FN2O4. The van der Waals surface area contributed by atoms with Crippen LogP contribution < -0.4 is 10.1 Å². The lowest BCUT2D eigenvalue weighted by atomic mass is 10.3. The van der Waals surface area contributed by atoms with Crippen molar-refractivity contribution >= 4 is 17.6 Å². The van der Waals surface area contributed by atoms with Crippen LogP contribution in [0.2, 0.25) is 0 Å². The minimum atomic E-state index is -1.26. The van der Waals surface area contributed by atoms with Crippen LogP contribution in [0.1, 0.15) is 10.5 Å². The number of halogens is 1. The van der Waals surface area contributed by atoms with E-state index in [1.54, 1.807) is 6.07 Å². The molecule has 0 aliphatic rings. The van der Waals surface area contributed by atoms with Crippen molar-refractivity contribution < 1.29 is 23.8 Å². The van der Waals surface area contributed by atoms with Crippen LogP contribution >= 0.6 is 0 Å². The summed E-state index contributed by atoms with van der Waals surface area (Å²) in [5, 5.41) is 11.2. The first-order valence-corrected chi connectivity index (χ1v) is 5.93. The molecule has 0 saturated carbocycles. The largest absolute Gasteiger partial charge is 0.481 e. The van der Waals surface area contributed by atoms with Crippen LogP contribution in [-0.2, 0) is 4.79 Å². The van der Waals surface area contributed by atoms with Gasteiger partial charge in [-0.05, 0) is 24.3 Å². The van der Waals surface area contributed by atoms with E-state index in [9.17, 15) is 14.0 Å². The van der Waals surface area contributed by atoms with Crippen molar-refractivity contribution in [3.05, 3.63) is 54.1 Å². The molecule has 6 nitrogen and oxygen atoms in total. The van der Waals surface area contributed by atoms with E-state index < -0.39 is 24.3 Å². The standard InChI is InChI=1S/C14H11FN2O4/c15-9-4-1-2-5-10(9)17-12(18)8-21-11-6-3-7-16-13(11)14(19)20/h1-7H,8H2,(H,17,18)(H,19,20). The van der Waals surface area contributed by atoms with Crippen molar-refractivity contribution in [3.8, 4) is 5.75 Å². The smallest absolute Gasteiger partial charge is 0.358 e. The van der Waals surface area contributed by atoms with Gasteiger partial charge in [-0.1, -0.05) is 12.1 Å². The lowest BCUT2D eigenvalue weighted by Crippen LogP contribution is -2.21. The molecule has 0 aliphatic carbocycles. The zero-order chi connectivity index (χ0) is 15.2. The fourth-order valence-electron chi connectivity index (χ4n) is 1.56. The summed E-state index contributed by atoms with van der Waals surface area (Å²) >= 11 is 0. The summed E-state index contributed by atoms with van der Waals surface area (Å²) in [5.41, 5.74) is -0.271. The number of carbonyl (C=O) groups excluding carboxylic acids is 1. The average molecular weight is 290 g/mol. The minimum absolute atomic E-state index is 0.0238. The fourth-order valence-corrected chi connectivity index (χ4v) is 1.56. The van der Waals surface area contributed by atoms with Crippen LogP contribution in [0.3, 0.4) is 0 Å². The number of rotatable bonds is 5. The van der Waals surface area contributed by atoms with Gasteiger partial charge in [0, 0.05) is 6.20 Å². The lowest BCUT2D eigenvalue weighted by Gasteiger charge is -2.09. The zero-order valence-electron chi connectivity index (χ0n) is 10.7. The van der Waals surface area contributed by atoms with Gasteiger partial charge in [0.1, 0.15) is 5.82 Å². The highest BCUT2D eigenvalue weighted by molar-refractivity contribution is 5.92. The number of nitrogens with one attached hydrogen (secondary N) is 1. The molecule has 2 rings (SSSR count). The Balaban J connectivity index is 1.99. The summed E-state index contributed by atoms with van der Waals surface area (Å²) in [7, 11) is 0. The first kappa shape index (κ1) is 14.4. The van der Waals surface area contributed by atoms with Gasteiger partial charge in [0.05, 0.1) is 5.69 Å². The Kier molecular flexibility index (Phi) is 4.45. The molecule has 2 N–H and O–H groups in total.